The van der Waals surface area contributed by atoms with Crippen LogP contribution in [0.2, 0.25) is 0 Å². The fraction of sp³-hybridized carbons (Fsp3) is 0.176. The summed E-state index contributed by atoms with van der Waals surface area (Å²) in [5.74, 6) is -0.398. The Bertz CT molecular complexity index is 662. The van der Waals surface area contributed by atoms with E-state index in [1.165, 1.54) is 17.6 Å². The number of benzene rings is 2. The van der Waals surface area contributed by atoms with Crippen LogP contribution in [-0.4, -0.2) is 19.5 Å². The van der Waals surface area contributed by atoms with Gasteiger partial charge in [0.2, 0.25) is 6.41 Å². The van der Waals surface area contributed by atoms with Crippen LogP contribution in [0.15, 0.2) is 42.5 Å². The van der Waals surface area contributed by atoms with Crippen LogP contribution in [0.4, 0.5) is 11.4 Å². The molecule has 0 aliphatic heterocycles. The van der Waals surface area contributed by atoms with Crippen LogP contribution in [0.5, 0.6) is 0 Å². The van der Waals surface area contributed by atoms with Gasteiger partial charge < -0.3 is 4.74 Å². The third kappa shape index (κ3) is 3.11. The van der Waals surface area contributed by atoms with Crippen molar-refractivity contribution < 1.29 is 14.3 Å². The molecule has 0 radical (unpaired) electrons. The SMILES string of the molecule is COC(=O)c1ccc(N(C=O)c2ccc(C)c(C)c2)cc1. The zero-order valence-corrected chi connectivity index (χ0v) is 12.3. The molecule has 21 heavy (non-hydrogen) atoms. The van der Waals surface area contributed by atoms with Gasteiger partial charge in [0.1, 0.15) is 0 Å². The number of rotatable bonds is 4. The highest BCUT2D eigenvalue weighted by Gasteiger charge is 2.11. The second-order valence-corrected chi connectivity index (χ2v) is 4.78. The molecule has 0 saturated heterocycles. The molecule has 2 aromatic rings. The first kappa shape index (κ1) is 14.8. The van der Waals surface area contributed by atoms with Crippen LogP contribution < -0.4 is 4.90 Å². The summed E-state index contributed by atoms with van der Waals surface area (Å²) in [7, 11) is 1.34. The monoisotopic (exact) mass is 283 g/mol. The molecule has 0 saturated carbocycles. The number of carbonyl (C=O) groups excluding carboxylic acids is 2. The van der Waals surface area contributed by atoms with Crippen molar-refractivity contribution >= 4 is 23.8 Å². The van der Waals surface area contributed by atoms with Gasteiger partial charge in [0.25, 0.3) is 0 Å². The van der Waals surface area contributed by atoms with Crippen LogP contribution in [0.25, 0.3) is 0 Å². The van der Waals surface area contributed by atoms with Gasteiger partial charge in [-0.1, -0.05) is 6.07 Å². The van der Waals surface area contributed by atoms with Crippen LogP contribution in [0, 0.1) is 13.8 Å². The van der Waals surface area contributed by atoms with Crippen molar-refractivity contribution in [3.8, 4) is 0 Å². The van der Waals surface area contributed by atoms with E-state index in [4.69, 9.17) is 0 Å². The topological polar surface area (TPSA) is 46.6 Å². The minimum atomic E-state index is -0.398. The van der Waals surface area contributed by atoms with E-state index in [1.54, 1.807) is 24.3 Å². The molecular weight excluding hydrogens is 266 g/mol. The number of hydrogen-bond donors (Lipinski definition) is 0. The van der Waals surface area contributed by atoms with Gasteiger partial charge in [0.05, 0.1) is 12.7 Å². The fourth-order valence-corrected chi connectivity index (χ4v) is 2.02. The van der Waals surface area contributed by atoms with Gasteiger partial charge in [-0.25, -0.2) is 4.79 Å². The van der Waals surface area contributed by atoms with Crippen molar-refractivity contribution in [1.29, 1.82) is 0 Å². The Morgan fingerprint density at radius 2 is 1.62 bits per heavy atom. The Kier molecular flexibility index (Phi) is 4.38. The predicted molar refractivity (Wildman–Crippen MR) is 81.9 cm³/mol. The highest BCUT2D eigenvalue weighted by atomic mass is 16.5. The van der Waals surface area contributed by atoms with Gasteiger partial charge >= 0.3 is 5.97 Å². The van der Waals surface area contributed by atoms with Gasteiger partial charge in [0.15, 0.2) is 0 Å². The average molecular weight is 283 g/mol. The molecule has 0 aliphatic rings. The molecule has 2 rings (SSSR count). The minimum Gasteiger partial charge on any atom is -0.465 e. The Balaban J connectivity index is 2.35. The van der Waals surface area contributed by atoms with Crippen LogP contribution >= 0.6 is 0 Å². The van der Waals surface area contributed by atoms with E-state index in [0.717, 1.165) is 17.7 Å². The summed E-state index contributed by atoms with van der Waals surface area (Å²) in [5.41, 5.74) is 4.23. The minimum absolute atomic E-state index is 0.398. The number of methoxy groups -OCH3 is 1. The third-order valence-electron chi connectivity index (χ3n) is 3.44. The number of carbonyl (C=O) groups is 2. The first-order valence-electron chi connectivity index (χ1n) is 6.57. The lowest BCUT2D eigenvalue weighted by atomic mass is 10.1. The van der Waals surface area contributed by atoms with Crippen LogP contribution in [0.3, 0.4) is 0 Å². The van der Waals surface area contributed by atoms with E-state index in [9.17, 15) is 9.59 Å². The zero-order valence-electron chi connectivity index (χ0n) is 12.3. The molecule has 1 amide bonds. The highest BCUT2D eigenvalue weighted by Crippen LogP contribution is 2.26. The Morgan fingerprint density at radius 3 is 2.14 bits per heavy atom. The molecule has 0 fully saturated rings. The number of hydrogen-bond acceptors (Lipinski definition) is 3. The predicted octanol–water partition coefficient (Wildman–Crippen LogP) is 3.38. The third-order valence-corrected chi connectivity index (χ3v) is 3.44. The molecule has 0 heterocycles. The van der Waals surface area contributed by atoms with E-state index in [0.29, 0.717) is 11.3 Å². The van der Waals surface area contributed by atoms with E-state index in [2.05, 4.69) is 4.74 Å². The number of ether oxygens (including phenoxy) is 1. The lowest BCUT2D eigenvalue weighted by Crippen LogP contribution is -2.14. The molecule has 4 heteroatoms. The quantitative estimate of drug-likeness (QED) is 0.638. The Hall–Kier alpha value is -2.62. The summed E-state index contributed by atoms with van der Waals surface area (Å²) in [5, 5.41) is 0. The van der Waals surface area contributed by atoms with Gasteiger partial charge in [-0.2, -0.15) is 0 Å². The van der Waals surface area contributed by atoms with Crippen LogP contribution in [-0.2, 0) is 9.53 Å². The molecule has 0 aromatic heterocycles. The molecule has 0 unspecified atom stereocenters. The van der Waals surface area contributed by atoms with E-state index in [1.807, 2.05) is 32.0 Å². The van der Waals surface area contributed by atoms with Crippen molar-refractivity contribution in [3.63, 3.8) is 0 Å². The maximum Gasteiger partial charge on any atom is 0.337 e. The number of esters is 1. The number of amides is 1. The highest BCUT2D eigenvalue weighted by molar-refractivity contribution is 5.91. The summed E-state index contributed by atoms with van der Waals surface area (Å²) in [6.07, 6.45) is 0.761. The summed E-state index contributed by atoms with van der Waals surface area (Å²) < 4.78 is 4.65. The molecule has 0 aliphatic carbocycles. The second-order valence-electron chi connectivity index (χ2n) is 4.78. The maximum atomic E-state index is 11.4. The van der Waals surface area contributed by atoms with Crippen molar-refractivity contribution in [2.75, 3.05) is 12.0 Å². The van der Waals surface area contributed by atoms with E-state index >= 15 is 0 Å². The first-order valence-corrected chi connectivity index (χ1v) is 6.57. The van der Waals surface area contributed by atoms with Crippen molar-refractivity contribution in [3.05, 3.63) is 59.2 Å². The number of nitrogens with zero attached hydrogens (tertiary/aromatic N) is 1. The van der Waals surface area contributed by atoms with Gasteiger partial charge in [-0.15, -0.1) is 0 Å². The molecule has 2 aromatic carbocycles. The summed E-state index contributed by atoms with van der Waals surface area (Å²) in [6, 6.07) is 12.5. The summed E-state index contributed by atoms with van der Waals surface area (Å²) in [4.78, 5) is 24.4. The zero-order chi connectivity index (χ0) is 15.4. The van der Waals surface area contributed by atoms with E-state index in [-0.39, 0.29) is 0 Å². The van der Waals surface area contributed by atoms with E-state index < -0.39 is 5.97 Å². The standard InChI is InChI=1S/C17H17NO3/c1-12-4-7-16(10-13(12)2)18(11-19)15-8-5-14(6-9-15)17(20)21-3/h4-11H,1-3H3. The molecule has 0 atom stereocenters. The van der Waals surface area contributed by atoms with Crippen LogP contribution in [0.1, 0.15) is 21.5 Å². The smallest absolute Gasteiger partial charge is 0.337 e. The fourth-order valence-electron chi connectivity index (χ4n) is 2.02. The normalized spacial score (nSPS) is 10.0. The number of anilines is 2. The first-order chi connectivity index (χ1) is 10.1. The Morgan fingerprint density at radius 1 is 1.00 bits per heavy atom. The molecule has 4 nitrogen and oxygen atoms in total. The molecule has 108 valence electrons. The lowest BCUT2D eigenvalue weighted by molar-refractivity contribution is -0.106. The number of aryl methyl sites for hydroxylation is 2. The van der Waals surface area contributed by atoms with Crippen molar-refractivity contribution in [1.82, 2.24) is 0 Å². The van der Waals surface area contributed by atoms with Gasteiger partial charge in [0, 0.05) is 11.4 Å². The maximum absolute atomic E-state index is 11.4. The van der Waals surface area contributed by atoms with Crippen molar-refractivity contribution in [2.45, 2.75) is 13.8 Å². The second kappa shape index (κ2) is 6.22. The van der Waals surface area contributed by atoms with Gasteiger partial charge in [-0.05, 0) is 61.4 Å². The molecule has 0 bridgehead atoms. The molecule has 0 N–H and O–H groups in total. The van der Waals surface area contributed by atoms with Crippen molar-refractivity contribution in [2.24, 2.45) is 0 Å². The molecular formula is C17H17NO3. The van der Waals surface area contributed by atoms with Gasteiger partial charge in [-0.3, -0.25) is 9.69 Å². The molecule has 0 spiro atoms. The average Bonchev–Trinajstić information content (AvgIpc) is 2.51. The Labute approximate surface area is 124 Å². The summed E-state index contributed by atoms with van der Waals surface area (Å²) >= 11 is 0. The largest absolute Gasteiger partial charge is 0.465 e. The lowest BCUT2D eigenvalue weighted by Gasteiger charge is -2.19. The summed E-state index contributed by atoms with van der Waals surface area (Å²) in [6.45, 7) is 4.03.